The van der Waals surface area contributed by atoms with Crippen LogP contribution in [0.5, 0.6) is 11.5 Å². The van der Waals surface area contributed by atoms with E-state index in [1.54, 1.807) is 19.1 Å². The Balaban J connectivity index is 2.38. The summed E-state index contributed by atoms with van der Waals surface area (Å²) in [5.41, 5.74) is 0.670. The number of fused-ring (bicyclic) bond motifs is 1. The van der Waals surface area contributed by atoms with Crippen molar-refractivity contribution in [2.45, 2.75) is 45.1 Å². The molecule has 1 aliphatic heterocycles. The number of Topliss-reactive ketones (excluding diaryl/α,β-unsaturated/α-hetero) is 1. The molecule has 5 heteroatoms. The normalized spacial score (nSPS) is 19.8. The maximum atomic E-state index is 12.4. The summed E-state index contributed by atoms with van der Waals surface area (Å²) in [5, 5.41) is 10.2. The molecule has 0 saturated heterocycles. The number of carbonyl (C=O) groups is 2. The second-order valence-electron chi connectivity index (χ2n) is 5.70. The Morgan fingerprint density at radius 1 is 1.26 bits per heavy atom. The molecule has 124 valence electrons. The molecule has 0 amide bonds. The number of hydrogen-bond donors (Lipinski definition) is 1. The van der Waals surface area contributed by atoms with Crippen LogP contribution in [0.1, 0.15) is 54.9 Å². The van der Waals surface area contributed by atoms with Crippen LogP contribution in [-0.4, -0.2) is 30.1 Å². The third kappa shape index (κ3) is 4.58. The lowest BCUT2D eigenvalue weighted by atomic mass is 10.0. The second-order valence-corrected chi connectivity index (χ2v) is 5.70. The standard InChI is InChI=1S/C18H22O5/c1-12-8-9-14(19)7-5-3-4-6-13-10-15(22-2)11-16(20)17(13)18(21)23-12/h4,6,10-12,20H,3,5,7-9H2,1-2H3. The summed E-state index contributed by atoms with van der Waals surface area (Å²) in [7, 11) is 1.50. The Kier molecular flexibility index (Phi) is 5.79. The summed E-state index contributed by atoms with van der Waals surface area (Å²) < 4.78 is 10.5. The molecule has 5 nitrogen and oxygen atoms in total. The number of allylic oxidation sites excluding steroid dienone is 1. The smallest absolute Gasteiger partial charge is 0.342 e. The van der Waals surface area contributed by atoms with Gasteiger partial charge in [0.05, 0.1) is 13.2 Å². The molecule has 0 fully saturated rings. The van der Waals surface area contributed by atoms with Crippen molar-refractivity contribution in [2.24, 2.45) is 0 Å². The molecule has 1 atom stereocenters. The van der Waals surface area contributed by atoms with E-state index in [0.717, 1.165) is 12.8 Å². The summed E-state index contributed by atoms with van der Waals surface area (Å²) in [6, 6.07) is 3.07. The fourth-order valence-electron chi connectivity index (χ4n) is 2.51. The molecule has 0 radical (unpaired) electrons. The quantitative estimate of drug-likeness (QED) is 0.802. The van der Waals surface area contributed by atoms with Crippen LogP contribution < -0.4 is 4.74 Å². The van der Waals surface area contributed by atoms with Gasteiger partial charge in [0, 0.05) is 18.9 Å². The third-order valence-electron chi connectivity index (χ3n) is 3.82. The average molecular weight is 318 g/mol. The number of ketones is 1. The summed E-state index contributed by atoms with van der Waals surface area (Å²) in [6.45, 7) is 1.75. The van der Waals surface area contributed by atoms with E-state index < -0.39 is 5.97 Å². The Bertz CT molecular complexity index is 618. The van der Waals surface area contributed by atoms with E-state index in [0.29, 0.717) is 30.6 Å². The number of esters is 1. The molecule has 1 N–H and O–H groups in total. The molecular weight excluding hydrogens is 296 g/mol. The van der Waals surface area contributed by atoms with Crippen molar-refractivity contribution in [1.29, 1.82) is 0 Å². The largest absolute Gasteiger partial charge is 0.507 e. The molecule has 1 aromatic rings. The van der Waals surface area contributed by atoms with Gasteiger partial charge in [0.25, 0.3) is 0 Å². The highest BCUT2D eigenvalue weighted by Gasteiger charge is 2.21. The molecule has 1 aromatic carbocycles. The van der Waals surface area contributed by atoms with Gasteiger partial charge in [-0.1, -0.05) is 12.2 Å². The number of phenolic OH excluding ortho intramolecular Hbond substituents is 1. The maximum Gasteiger partial charge on any atom is 0.342 e. The second kappa shape index (κ2) is 7.81. The van der Waals surface area contributed by atoms with Gasteiger partial charge in [0.1, 0.15) is 22.8 Å². The minimum absolute atomic E-state index is 0.125. The minimum atomic E-state index is -0.594. The maximum absolute atomic E-state index is 12.4. The number of benzene rings is 1. The number of carbonyl (C=O) groups excluding carboxylic acids is 2. The van der Waals surface area contributed by atoms with Crippen LogP contribution >= 0.6 is 0 Å². The van der Waals surface area contributed by atoms with E-state index >= 15 is 0 Å². The Labute approximate surface area is 135 Å². The summed E-state index contributed by atoms with van der Waals surface area (Å²) >= 11 is 0. The first-order chi connectivity index (χ1) is 11.0. The fourth-order valence-corrected chi connectivity index (χ4v) is 2.51. The van der Waals surface area contributed by atoms with Crippen LogP contribution in [0.3, 0.4) is 0 Å². The number of cyclic esters (lactones) is 1. The van der Waals surface area contributed by atoms with Gasteiger partial charge in [-0.3, -0.25) is 4.79 Å². The van der Waals surface area contributed by atoms with Gasteiger partial charge in [-0.25, -0.2) is 4.79 Å². The highest BCUT2D eigenvalue weighted by molar-refractivity contribution is 5.97. The van der Waals surface area contributed by atoms with E-state index in [2.05, 4.69) is 0 Å². The predicted molar refractivity (Wildman–Crippen MR) is 86.7 cm³/mol. The van der Waals surface area contributed by atoms with Crippen LogP contribution in [0.25, 0.3) is 6.08 Å². The van der Waals surface area contributed by atoms with Crippen molar-refractivity contribution >= 4 is 17.8 Å². The molecule has 0 spiro atoms. The van der Waals surface area contributed by atoms with Crippen molar-refractivity contribution in [2.75, 3.05) is 7.11 Å². The molecule has 0 bridgehead atoms. The minimum Gasteiger partial charge on any atom is -0.507 e. The summed E-state index contributed by atoms with van der Waals surface area (Å²) in [5.74, 6) is -0.120. The van der Waals surface area contributed by atoms with Crippen LogP contribution in [0.15, 0.2) is 18.2 Å². The van der Waals surface area contributed by atoms with Crippen molar-refractivity contribution < 1.29 is 24.2 Å². The van der Waals surface area contributed by atoms with Crippen molar-refractivity contribution in [3.05, 3.63) is 29.3 Å². The summed E-state index contributed by atoms with van der Waals surface area (Å²) in [4.78, 5) is 24.1. The molecule has 1 heterocycles. The number of phenols is 1. The molecule has 0 saturated carbocycles. The Morgan fingerprint density at radius 3 is 2.78 bits per heavy atom. The van der Waals surface area contributed by atoms with Crippen molar-refractivity contribution in [1.82, 2.24) is 0 Å². The van der Waals surface area contributed by atoms with Gasteiger partial charge >= 0.3 is 5.97 Å². The van der Waals surface area contributed by atoms with Crippen LogP contribution in [0, 0.1) is 0 Å². The van der Waals surface area contributed by atoms with Gasteiger partial charge in [-0.05, 0) is 37.8 Å². The van der Waals surface area contributed by atoms with E-state index in [4.69, 9.17) is 9.47 Å². The first-order valence-electron chi connectivity index (χ1n) is 7.81. The predicted octanol–water partition coefficient (Wildman–Crippen LogP) is 3.49. The lowest BCUT2D eigenvalue weighted by molar-refractivity contribution is -0.119. The number of hydrogen-bond acceptors (Lipinski definition) is 5. The highest BCUT2D eigenvalue weighted by Crippen LogP contribution is 2.30. The Morgan fingerprint density at radius 2 is 2.04 bits per heavy atom. The molecule has 23 heavy (non-hydrogen) atoms. The zero-order chi connectivity index (χ0) is 16.8. The highest BCUT2D eigenvalue weighted by atomic mass is 16.5. The molecule has 0 aliphatic carbocycles. The summed E-state index contributed by atoms with van der Waals surface area (Å²) in [6.07, 6.45) is 6.18. The van der Waals surface area contributed by atoms with E-state index in [9.17, 15) is 14.7 Å². The molecule has 1 unspecified atom stereocenters. The van der Waals surface area contributed by atoms with Gasteiger partial charge in [-0.2, -0.15) is 0 Å². The molecule has 1 aliphatic rings. The SMILES string of the molecule is COc1cc(O)c2c(c1)C=CCCCC(=O)CCC(C)OC2=O. The lowest BCUT2D eigenvalue weighted by Crippen LogP contribution is -2.17. The van der Waals surface area contributed by atoms with E-state index in [-0.39, 0.29) is 23.2 Å². The monoisotopic (exact) mass is 318 g/mol. The molecule has 0 aromatic heterocycles. The zero-order valence-electron chi connectivity index (χ0n) is 13.5. The van der Waals surface area contributed by atoms with Crippen LogP contribution in [-0.2, 0) is 9.53 Å². The molecule has 2 rings (SSSR count). The van der Waals surface area contributed by atoms with Gasteiger partial charge < -0.3 is 14.6 Å². The van der Waals surface area contributed by atoms with Gasteiger partial charge in [0.15, 0.2) is 0 Å². The first-order valence-corrected chi connectivity index (χ1v) is 7.81. The molecular formula is C18H22O5. The third-order valence-corrected chi connectivity index (χ3v) is 3.82. The van der Waals surface area contributed by atoms with Crippen LogP contribution in [0.4, 0.5) is 0 Å². The number of rotatable bonds is 1. The van der Waals surface area contributed by atoms with Gasteiger partial charge in [-0.15, -0.1) is 0 Å². The topological polar surface area (TPSA) is 72.8 Å². The van der Waals surface area contributed by atoms with Crippen molar-refractivity contribution in [3.63, 3.8) is 0 Å². The zero-order valence-corrected chi connectivity index (χ0v) is 13.5. The Hall–Kier alpha value is -2.30. The van der Waals surface area contributed by atoms with E-state index in [1.165, 1.54) is 13.2 Å². The van der Waals surface area contributed by atoms with Crippen molar-refractivity contribution in [3.8, 4) is 11.5 Å². The fraction of sp³-hybridized carbons (Fsp3) is 0.444. The van der Waals surface area contributed by atoms with E-state index in [1.807, 2.05) is 6.08 Å². The van der Waals surface area contributed by atoms with Crippen LogP contribution in [0.2, 0.25) is 0 Å². The van der Waals surface area contributed by atoms with Gasteiger partial charge in [0.2, 0.25) is 0 Å². The lowest BCUT2D eigenvalue weighted by Gasteiger charge is -2.15. The number of aromatic hydroxyl groups is 1. The average Bonchev–Trinajstić information content (AvgIpc) is 2.52. The number of methoxy groups -OCH3 is 1. The first kappa shape index (κ1) is 17.1. The number of ether oxygens (including phenoxy) is 2.